The SMILES string of the molecule is COc1ccc(NC(=O)/C=C/c2ccc(Br)cc2)cc1S(N)(=O)=O. The zero-order chi connectivity index (χ0) is 17.7. The van der Waals surface area contributed by atoms with Crippen molar-refractivity contribution in [3.8, 4) is 5.75 Å². The lowest BCUT2D eigenvalue weighted by atomic mass is 10.2. The zero-order valence-electron chi connectivity index (χ0n) is 12.7. The van der Waals surface area contributed by atoms with E-state index >= 15 is 0 Å². The van der Waals surface area contributed by atoms with Crippen molar-refractivity contribution in [1.29, 1.82) is 0 Å². The Labute approximate surface area is 148 Å². The van der Waals surface area contributed by atoms with Gasteiger partial charge in [0, 0.05) is 16.2 Å². The minimum Gasteiger partial charge on any atom is -0.495 e. The maximum atomic E-state index is 11.9. The largest absolute Gasteiger partial charge is 0.495 e. The number of carbonyl (C=O) groups is 1. The number of benzene rings is 2. The lowest BCUT2D eigenvalue weighted by molar-refractivity contribution is -0.111. The number of hydrogen-bond donors (Lipinski definition) is 2. The van der Waals surface area contributed by atoms with Crippen molar-refractivity contribution in [2.45, 2.75) is 4.90 Å². The highest BCUT2D eigenvalue weighted by Crippen LogP contribution is 2.26. The summed E-state index contributed by atoms with van der Waals surface area (Å²) < 4.78 is 29.0. The number of amides is 1. The van der Waals surface area contributed by atoms with Crippen LogP contribution in [0.15, 0.2) is 57.9 Å². The lowest BCUT2D eigenvalue weighted by Crippen LogP contribution is -2.15. The van der Waals surface area contributed by atoms with Crippen LogP contribution in [0, 0.1) is 0 Å². The Balaban J connectivity index is 2.15. The highest BCUT2D eigenvalue weighted by Gasteiger charge is 2.16. The normalized spacial score (nSPS) is 11.5. The Hall–Kier alpha value is -2.16. The van der Waals surface area contributed by atoms with Gasteiger partial charge < -0.3 is 10.1 Å². The van der Waals surface area contributed by atoms with Gasteiger partial charge in [-0.05, 0) is 42.0 Å². The first kappa shape index (κ1) is 18.2. The fraction of sp³-hybridized carbons (Fsp3) is 0.0625. The smallest absolute Gasteiger partial charge is 0.248 e. The average Bonchev–Trinajstić information content (AvgIpc) is 2.53. The summed E-state index contributed by atoms with van der Waals surface area (Å²) >= 11 is 3.33. The van der Waals surface area contributed by atoms with Crippen molar-refractivity contribution in [2.75, 3.05) is 12.4 Å². The minimum absolute atomic E-state index is 0.112. The molecule has 0 spiro atoms. The molecule has 0 unspecified atom stereocenters. The number of rotatable bonds is 5. The Bertz CT molecular complexity index is 877. The summed E-state index contributed by atoms with van der Waals surface area (Å²) in [4.78, 5) is 11.8. The molecule has 1 amide bonds. The van der Waals surface area contributed by atoms with Gasteiger partial charge in [0.05, 0.1) is 7.11 Å². The average molecular weight is 411 g/mol. The molecule has 2 aromatic carbocycles. The topological polar surface area (TPSA) is 98.5 Å². The van der Waals surface area contributed by atoms with Crippen LogP contribution in [0.1, 0.15) is 5.56 Å². The van der Waals surface area contributed by atoms with Crippen LogP contribution in [0.3, 0.4) is 0 Å². The van der Waals surface area contributed by atoms with E-state index in [1.54, 1.807) is 6.08 Å². The van der Waals surface area contributed by atoms with E-state index in [9.17, 15) is 13.2 Å². The number of methoxy groups -OCH3 is 1. The Morgan fingerprint density at radius 3 is 2.46 bits per heavy atom. The second-order valence-electron chi connectivity index (χ2n) is 4.78. The van der Waals surface area contributed by atoms with Crippen LogP contribution >= 0.6 is 15.9 Å². The fourth-order valence-electron chi connectivity index (χ4n) is 1.91. The van der Waals surface area contributed by atoms with E-state index in [2.05, 4.69) is 21.2 Å². The first-order chi connectivity index (χ1) is 11.3. The summed E-state index contributed by atoms with van der Waals surface area (Å²) in [5, 5.41) is 7.72. The molecule has 0 radical (unpaired) electrons. The Kier molecular flexibility index (Phi) is 5.76. The molecular weight excluding hydrogens is 396 g/mol. The van der Waals surface area contributed by atoms with Crippen molar-refractivity contribution in [3.05, 3.63) is 58.6 Å². The maximum absolute atomic E-state index is 11.9. The molecular formula is C16H15BrN2O4S. The third kappa shape index (κ3) is 4.92. The molecule has 8 heteroatoms. The number of halogens is 1. The first-order valence-electron chi connectivity index (χ1n) is 6.75. The molecule has 0 heterocycles. The second kappa shape index (κ2) is 7.61. The molecule has 126 valence electrons. The first-order valence-corrected chi connectivity index (χ1v) is 9.09. The molecule has 0 aliphatic rings. The van der Waals surface area contributed by atoms with E-state index < -0.39 is 15.9 Å². The van der Waals surface area contributed by atoms with Gasteiger partial charge >= 0.3 is 0 Å². The third-order valence-corrected chi connectivity index (χ3v) is 4.50. The predicted molar refractivity (Wildman–Crippen MR) is 96.2 cm³/mol. The summed E-state index contributed by atoms with van der Waals surface area (Å²) in [7, 11) is -2.63. The van der Waals surface area contributed by atoms with Gasteiger partial charge in [-0.1, -0.05) is 28.1 Å². The molecule has 0 aliphatic heterocycles. The molecule has 6 nitrogen and oxygen atoms in total. The summed E-state index contributed by atoms with van der Waals surface area (Å²) in [6.45, 7) is 0. The van der Waals surface area contributed by atoms with Crippen LogP contribution < -0.4 is 15.2 Å². The van der Waals surface area contributed by atoms with Crippen LogP contribution in [0.5, 0.6) is 5.75 Å². The molecule has 3 N–H and O–H groups in total. The van der Waals surface area contributed by atoms with E-state index in [-0.39, 0.29) is 10.6 Å². The van der Waals surface area contributed by atoms with Crippen molar-refractivity contribution in [3.63, 3.8) is 0 Å². The van der Waals surface area contributed by atoms with Gasteiger partial charge in [0.1, 0.15) is 10.6 Å². The number of anilines is 1. The molecule has 0 fully saturated rings. The number of carbonyl (C=O) groups excluding carboxylic acids is 1. The fourth-order valence-corrected chi connectivity index (χ4v) is 2.89. The van der Waals surface area contributed by atoms with Crippen molar-refractivity contribution < 1.29 is 17.9 Å². The van der Waals surface area contributed by atoms with E-state index in [1.165, 1.54) is 31.4 Å². The summed E-state index contributed by atoms with van der Waals surface area (Å²) in [6, 6.07) is 11.6. The quantitative estimate of drug-likeness (QED) is 0.740. The molecule has 0 aliphatic carbocycles. The van der Waals surface area contributed by atoms with Crippen molar-refractivity contribution >= 4 is 43.6 Å². The maximum Gasteiger partial charge on any atom is 0.248 e. The molecule has 2 rings (SSSR count). The van der Waals surface area contributed by atoms with Gasteiger partial charge in [0.2, 0.25) is 15.9 Å². The molecule has 0 bridgehead atoms. The number of nitrogens with one attached hydrogen (secondary N) is 1. The van der Waals surface area contributed by atoms with Crippen molar-refractivity contribution in [1.82, 2.24) is 0 Å². The lowest BCUT2D eigenvalue weighted by Gasteiger charge is -2.09. The molecule has 0 atom stereocenters. The summed E-state index contributed by atoms with van der Waals surface area (Å²) in [6.07, 6.45) is 3.00. The van der Waals surface area contributed by atoms with E-state index in [0.717, 1.165) is 10.0 Å². The molecule has 24 heavy (non-hydrogen) atoms. The van der Waals surface area contributed by atoms with Gasteiger partial charge in [0.15, 0.2) is 0 Å². The summed E-state index contributed by atoms with van der Waals surface area (Å²) in [5.74, 6) is -0.288. The van der Waals surface area contributed by atoms with E-state index in [4.69, 9.17) is 9.88 Å². The van der Waals surface area contributed by atoms with Crippen LogP contribution in [0.4, 0.5) is 5.69 Å². The van der Waals surface area contributed by atoms with E-state index in [1.807, 2.05) is 24.3 Å². The number of hydrogen-bond acceptors (Lipinski definition) is 4. The zero-order valence-corrected chi connectivity index (χ0v) is 15.1. The third-order valence-electron chi connectivity index (χ3n) is 3.03. The second-order valence-corrected chi connectivity index (χ2v) is 7.23. The highest BCUT2D eigenvalue weighted by atomic mass is 79.9. The number of ether oxygens (including phenoxy) is 1. The van der Waals surface area contributed by atoms with Crippen molar-refractivity contribution in [2.24, 2.45) is 5.14 Å². The van der Waals surface area contributed by atoms with Crippen LogP contribution in [0.2, 0.25) is 0 Å². The van der Waals surface area contributed by atoms with Gasteiger partial charge in [-0.2, -0.15) is 0 Å². The van der Waals surface area contributed by atoms with Crippen LogP contribution in [0.25, 0.3) is 6.08 Å². The molecule has 2 aromatic rings. The van der Waals surface area contributed by atoms with Gasteiger partial charge in [-0.3, -0.25) is 4.79 Å². The van der Waals surface area contributed by atoms with Gasteiger partial charge in [-0.15, -0.1) is 0 Å². The number of primary sulfonamides is 1. The molecule has 0 aromatic heterocycles. The van der Waals surface area contributed by atoms with Crippen LogP contribution in [-0.2, 0) is 14.8 Å². The van der Waals surface area contributed by atoms with Crippen LogP contribution in [-0.4, -0.2) is 21.4 Å². The number of sulfonamides is 1. The number of nitrogens with two attached hydrogens (primary N) is 1. The Morgan fingerprint density at radius 1 is 1.21 bits per heavy atom. The van der Waals surface area contributed by atoms with Gasteiger partial charge in [-0.25, -0.2) is 13.6 Å². The van der Waals surface area contributed by atoms with Gasteiger partial charge in [0.25, 0.3) is 0 Å². The highest BCUT2D eigenvalue weighted by molar-refractivity contribution is 9.10. The summed E-state index contributed by atoms with van der Waals surface area (Å²) in [5.41, 5.74) is 1.15. The predicted octanol–water partition coefficient (Wildman–Crippen LogP) is 2.76. The monoisotopic (exact) mass is 410 g/mol. The van der Waals surface area contributed by atoms with E-state index in [0.29, 0.717) is 5.69 Å². The minimum atomic E-state index is -3.96. The molecule has 0 saturated carbocycles. The Morgan fingerprint density at radius 2 is 1.88 bits per heavy atom. The molecule has 0 saturated heterocycles. The standard InChI is InChI=1S/C16H15BrN2O4S/c1-23-14-8-7-13(10-15(14)24(18,21)22)19-16(20)9-4-11-2-5-12(17)6-3-11/h2-10H,1H3,(H,19,20)(H2,18,21,22)/b9-4+.